The molecule has 1 atom stereocenters. The second-order valence-corrected chi connectivity index (χ2v) is 9.44. The van der Waals surface area contributed by atoms with Crippen molar-refractivity contribution in [2.75, 3.05) is 38.1 Å². The van der Waals surface area contributed by atoms with Crippen LogP contribution in [0.4, 0.5) is 11.4 Å². The van der Waals surface area contributed by atoms with Crippen LogP contribution in [-0.2, 0) is 11.3 Å². The molecule has 1 unspecified atom stereocenters. The van der Waals surface area contributed by atoms with Gasteiger partial charge in [-0.05, 0) is 36.8 Å². The highest BCUT2D eigenvalue weighted by atomic mass is 16.5. The number of nitrogens with zero attached hydrogens (tertiary/aromatic N) is 3. The molecule has 4 aromatic rings. The van der Waals surface area contributed by atoms with E-state index in [-0.39, 0.29) is 0 Å². The number of fused-ring (bicyclic) bond motifs is 1. The minimum Gasteiger partial charge on any atom is -0.492 e. The summed E-state index contributed by atoms with van der Waals surface area (Å²) in [5.41, 5.74) is 4.99. The maximum atomic E-state index is 12.0. The summed E-state index contributed by atoms with van der Waals surface area (Å²) in [6.45, 7) is 5.82. The van der Waals surface area contributed by atoms with Crippen LogP contribution in [0.1, 0.15) is 11.3 Å². The second-order valence-electron chi connectivity index (χ2n) is 9.44. The summed E-state index contributed by atoms with van der Waals surface area (Å²) in [6.07, 6.45) is 0. The molecule has 0 saturated carbocycles. The highest BCUT2D eigenvalue weighted by Crippen LogP contribution is 2.28. The fourth-order valence-electron chi connectivity index (χ4n) is 4.84. The molecule has 1 aromatic heterocycles. The highest BCUT2D eigenvalue weighted by molar-refractivity contribution is 5.93. The number of piperazine rings is 1. The first-order valence-electron chi connectivity index (χ1n) is 12.6. The van der Waals surface area contributed by atoms with E-state index >= 15 is 0 Å². The number of para-hydroxylation sites is 1. The fraction of sp³-hybridized carbons (Fsp3) is 0.267. The molecule has 1 fully saturated rings. The third kappa shape index (κ3) is 6.25. The van der Waals surface area contributed by atoms with E-state index in [1.807, 2.05) is 85.8 Å². The third-order valence-corrected chi connectivity index (χ3v) is 6.72. The Morgan fingerprint density at radius 1 is 1.03 bits per heavy atom. The monoisotopic (exact) mass is 496 g/mol. The molecule has 0 aliphatic carbocycles. The van der Waals surface area contributed by atoms with Crippen LogP contribution < -0.4 is 10.1 Å². The molecule has 5 rings (SSSR count). The number of rotatable bonds is 9. The highest BCUT2D eigenvalue weighted by Gasteiger charge is 2.32. The van der Waals surface area contributed by atoms with Crippen LogP contribution in [-0.4, -0.2) is 64.7 Å². The molecule has 1 aliphatic heterocycles. The SMILES string of the molecule is Cc1cc(Nc2cccc(OCCN3CCN(Cc4ccccc4)C(C(=O)O)C3)c2)c2ccccc2n1. The van der Waals surface area contributed by atoms with E-state index in [1.165, 1.54) is 0 Å². The van der Waals surface area contributed by atoms with Crippen molar-refractivity contribution in [2.24, 2.45) is 0 Å². The van der Waals surface area contributed by atoms with E-state index in [9.17, 15) is 9.90 Å². The molecule has 7 nitrogen and oxygen atoms in total. The molecule has 1 saturated heterocycles. The van der Waals surface area contributed by atoms with Gasteiger partial charge in [0, 0.05) is 61.2 Å². The van der Waals surface area contributed by atoms with Gasteiger partial charge in [-0.25, -0.2) is 0 Å². The molecule has 3 aromatic carbocycles. The number of anilines is 2. The molecule has 37 heavy (non-hydrogen) atoms. The van der Waals surface area contributed by atoms with Crippen molar-refractivity contribution in [3.63, 3.8) is 0 Å². The number of benzene rings is 3. The number of nitrogens with one attached hydrogen (secondary N) is 1. The molecule has 7 heteroatoms. The number of hydrogen-bond acceptors (Lipinski definition) is 6. The number of ether oxygens (including phenoxy) is 1. The molecular weight excluding hydrogens is 464 g/mol. The van der Waals surface area contributed by atoms with Crippen molar-refractivity contribution in [3.8, 4) is 5.75 Å². The molecule has 190 valence electrons. The minimum atomic E-state index is -0.779. The number of aryl methyl sites for hydroxylation is 1. The van der Waals surface area contributed by atoms with Gasteiger partial charge >= 0.3 is 5.97 Å². The molecule has 0 spiro atoms. The van der Waals surface area contributed by atoms with E-state index < -0.39 is 12.0 Å². The van der Waals surface area contributed by atoms with Gasteiger partial charge < -0.3 is 15.2 Å². The summed E-state index contributed by atoms with van der Waals surface area (Å²) in [5.74, 6) is -0.00298. The third-order valence-electron chi connectivity index (χ3n) is 6.72. The number of pyridine rings is 1. The van der Waals surface area contributed by atoms with Gasteiger partial charge in [-0.3, -0.25) is 19.6 Å². The van der Waals surface area contributed by atoms with Gasteiger partial charge in [0.2, 0.25) is 0 Å². The van der Waals surface area contributed by atoms with Gasteiger partial charge in [-0.2, -0.15) is 0 Å². The van der Waals surface area contributed by atoms with E-state index in [0.29, 0.717) is 32.8 Å². The zero-order valence-corrected chi connectivity index (χ0v) is 21.0. The Morgan fingerprint density at radius 3 is 2.68 bits per heavy atom. The molecule has 0 amide bonds. The maximum Gasteiger partial charge on any atom is 0.322 e. The summed E-state index contributed by atoms with van der Waals surface area (Å²) in [5, 5.41) is 14.4. The first-order chi connectivity index (χ1) is 18.0. The lowest BCUT2D eigenvalue weighted by Crippen LogP contribution is -2.56. The van der Waals surface area contributed by atoms with Crippen LogP contribution in [0, 0.1) is 6.92 Å². The van der Waals surface area contributed by atoms with E-state index in [4.69, 9.17) is 4.74 Å². The Bertz CT molecular complexity index is 1360. The normalized spacial score (nSPS) is 16.5. The van der Waals surface area contributed by atoms with Crippen molar-refractivity contribution < 1.29 is 14.6 Å². The van der Waals surface area contributed by atoms with Gasteiger partial charge in [0.25, 0.3) is 0 Å². The average Bonchev–Trinajstić information content (AvgIpc) is 2.90. The van der Waals surface area contributed by atoms with Gasteiger partial charge in [-0.1, -0.05) is 54.6 Å². The van der Waals surface area contributed by atoms with E-state index in [1.54, 1.807) is 0 Å². The zero-order valence-electron chi connectivity index (χ0n) is 21.0. The summed E-state index contributed by atoms with van der Waals surface area (Å²) in [6, 6.07) is 27.6. The average molecular weight is 497 g/mol. The Kier molecular flexibility index (Phi) is 7.63. The summed E-state index contributed by atoms with van der Waals surface area (Å²) in [4.78, 5) is 20.8. The Labute approximate surface area is 217 Å². The lowest BCUT2D eigenvalue weighted by Gasteiger charge is -2.39. The minimum absolute atomic E-state index is 0.488. The van der Waals surface area contributed by atoms with Crippen LogP contribution in [0.2, 0.25) is 0 Å². The van der Waals surface area contributed by atoms with Gasteiger partial charge in [0.05, 0.1) is 5.52 Å². The van der Waals surface area contributed by atoms with Crippen molar-refractivity contribution in [2.45, 2.75) is 19.5 Å². The Balaban J connectivity index is 1.17. The first-order valence-corrected chi connectivity index (χ1v) is 12.6. The van der Waals surface area contributed by atoms with Crippen LogP contribution in [0.25, 0.3) is 10.9 Å². The van der Waals surface area contributed by atoms with Gasteiger partial charge in [0.1, 0.15) is 18.4 Å². The van der Waals surface area contributed by atoms with Crippen LogP contribution in [0.15, 0.2) is 84.9 Å². The Morgan fingerprint density at radius 2 is 1.84 bits per heavy atom. The molecular formula is C30H32N4O3. The van der Waals surface area contributed by atoms with Crippen LogP contribution >= 0.6 is 0 Å². The quantitative estimate of drug-likeness (QED) is 0.340. The second kappa shape index (κ2) is 11.4. The first kappa shape index (κ1) is 24.7. The number of hydrogen-bond donors (Lipinski definition) is 2. The summed E-state index contributed by atoms with van der Waals surface area (Å²) >= 11 is 0. The molecule has 2 heterocycles. The summed E-state index contributed by atoms with van der Waals surface area (Å²) in [7, 11) is 0. The predicted octanol–water partition coefficient (Wildman–Crippen LogP) is 4.94. The molecule has 0 radical (unpaired) electrons. The number of aromatic nitrogens is 1. The van der Waals surface area contributed by atoms with Gasteiger partial charge in [-0.15, -0.1) is 0 Å². The number of aliphatic carboxylic acids is 1. The lowest BCUT2D eigenvalue weighted by atomic mass is 10.1. The van der Waals surface area contributed by atoms with Crippen LogP contribution in [0.5, 0.6) is 5.75 Å². The maximum absolute atomic E-state index is 12.0. The number of carboxylic acid groups (broad SMARTS) is 1. The Hall–Kier alpha value is -3.94. The fourth-order valence-corrected chi connectivity index (χ4v) is 4.84. The predicted molar refractivity (Wildman–Crippen MR) is 146 cm³/mol. The number of carboxylic acids is 1. The topological polar surface area (TPSA) is 77.9 Å². The zero-order chi connectivity index (χ0) is 25.6. The van der Waals surface area contributed by atoms with Crippen molar-refractivity contribution in [1.29, 1.82) is 0 Å². The smallest absolute Gasteiger partial charge is 0.322 e. The molecule has 0 bridgehead atoms. The van der Waals surface area contributed by atoms with Crippen molar-refractivity contribution >= 4 is 28.2 Å². The van der Waals surface area contributed by atoms with E-state index in [0.717, 1.165) is 45.8 Å². The standard InChI is InChI=1S/C30H32N4O3/c1-22-18-28(26-12-5-6-13-27(26)31-22)32-24-10-7-11-25(19-24)37-17-16-33-14-15-34(29(21-33)30(35)36)20-23-8-3-2-4-9-23/h2-13,18-19,29H,14-17,20-21H2,1H3,(H,31,32)(H,35,36). The van der Waals surface area contributed by atoms with Crippen LogP contribution in [0.3, 0.4) is 0 Å². The summed E-state index contributed by atoms with van der Waals surface area (Å²) < 4.78 is 6.06. The lowest BCUT2D eigenvalue weighted by molar-refractivity contribution is -0.146. The molecule has 1 aliphatic rings. The largest absolute Gasteiger partial charge is 0.492 e. The van der Waals surface area contributed by atoms with Crippen molar-refractivity contribution in [3.05, 3.63) is 96.2 Å². The van der Waals surface area contributed by atoms with Crippen molar-refractivity contribution in [1.82, 2.24) is 14.8 Å². The van der Waals surface area contributed by atoms with E-state index in [2.05, 4.69) is 26.2 Å². The number of carbonyl (C=O) groups is 1. The van der Waals surface area contributed by atoms with Gasteiger partial charge in [0.15, 0.2) is 0 Å². The molecule has 2 N–H and O–H groups in total.